The van der Waals surface area contributed by atoms with Gasteiger partial charge in [-0.15, -0.1) is 0 Å². The van der Waals surface area contributed by atoms with Crippen molar-refractivity contribution in [3.05, 3.63) is 59.2 Å². The fraction of sp³-hybridized carbons (Fsp3) is 0.250. The largest absolute Gasteiger partial charge is 0.497 e. The summed E-state index contributed by atoms with van der Waals surface area (Å²) in [6.07, 6.45) is 1.89. The molecule has 0 aliphatic heterocycles. The Balaban J connectivity index is 1.74. The van der Waals surface area contributed by atoms with Crippen molar-refractivity contribution in [2.24, 2.45) is 0 Å². The number of aromatic nitrogens is 1. The van der Waals surface area contributed by atoms with Gasteiger partial charge in [0.05, 0.1) is 20.3 Å². The van der Waals surface area contributed by atoms with Crippen LogP contribution in [0.1, 0.15) is 18.5 Å². The zero-order valence-corrected chi connectivity index (χ0v) is 15.7. The highest BCUT2D eigenvalue weighted by Gasteiger charge is 2.15. The van der Waals surface area contributed by atoms with Crippen molar-refractivity contribution in [3.63, 3.8) is 0 Å². The molecule has 1 aromatic heterocycles. The number of ether oxygens (including phenoxy) is 2. The van der Waals surface area contributed by atoms with Crippen LogP contribution in [0.25, 0.3) is 10.9 Å². The number of nitrogens with zero attached hydrogens (tertiary/aromatic N) is 1. The highest BCUT2D eigenvalue weighted by molar-refractivity contribution is 6.31. The lowest BCUT2D eigenvalue weighted by Gasteiger charge is -2.18. The van der Waals surface area contributed by atoms with Gasteiger partial charge in [-0.2, -0.15) is 0 Å². The summed E-state index contributed by atoms with van der Waals surface area (Å²) < 4.78 is 12.5. The lowest BCUT2D eigenvalue weighted by atomic mass is 10.1. The summed E-state index contributed by atoms with van der Waals surface area (Å²) in [4.78, 5) is 12.5. The van der Waals surface area contributed by atoms with E-state index in [1.807, 2.05) is 54.1 Å². The van der Waals surface area contributed by atoms with Crippen LogP contribution in [-0.4, -0.2) is 24.7 Å². The number of methoxy groups -OCH3 is 2. The third-order valence-corrected chi connectivity index (χ3v) is 4.57. The van der Waals surface area contributed by atoms with E-state index in [1.54, 1.807) is 20.3 Å². The number of hydrogen-bond acceptors (Lipinski definition) is 3. The van der Waals surface area contributed by atoms with Crippen LogP contribution >= 0.6 is 11.6 Å². The second-order valence-electron chi connectivity index (χ2n) is 6.04. The Kier molecular flexibility index (Phi) is 5.38. The van der Waals surface area contributed by atoms with Crippen molar-refractivity contribution in [3.8, 4) is 11.5 Å². The minimum absolute atomic E-state index is 0.0900. The molecule has 0 bridgehead atoms. The van der Waals surface area contributed by atoms with E-state index < -0.39 is 0 Å². The van der Waals surface area contributed by atoms with Crippen molar-refractivity contribution in [2.75, 3.05) is 14.2 Å². The van der Waals surface area contributed by atoms with E-state index in [-0.39, 0.29) is 18.5 Å². The predicted molar refractivity (Wildman–Crippen MR) is 103 cm³/mol. The van der Waals surface area contributed by atoms with E-state index in [0.29, 0.717) is 16.5 Å². The first-order chi connectivity index (χ1) is 12.5. The number of carbonyl (C=O) groups excluding carboxylic acids is 1. The molecule has 0 radical (unpaired) electrons. The quantitative estimate of drug-likeness (QED) is 0.705. The summed E-state index contributed by atoms with van der Waals surface area (Å²) in [5.41, 5.74) is 1.82. The molecule has 0 aliphatic carbocycles. The minimum atomic E-state index is -0.200. The first kappa shape index (κ1) is 18.1. The van der Waals surface area contributed by atoms with E-state index in [0.717, 1.165) is 16.5 Å². The Morgan fingerprint density at radius 2 is 1.96 bits per heavy atom. The number of benzene rings is 2. The van der Waals surface area contributed by atoms with Gasteiger partial charge in [-0.25, -0.2) is 0 Å². The topological polar surface area (TPSA) is 52.5 Å². The van der Waals surface area contributed by atoms with Crippen molar-refractivity contribution >= 4 is 28.4 Å². The van der Waals surface area contributed by atoms with Crippen molar-refractivity contribution in [1.82, 2.24) is 9.88 Å². The Morgan fingerprint density at radius 3 is 2.69 bits per heavy atom. The number of carbonyl (C=O) groups is 1. The standard InChI is InChI=1S/C20H21ClN2O3/c1-13(17-7-6-16(25-2)11-19(17)26-3)22-20(24)12-23-9-8-14-4-5-15(21)10-18(14)23/h4-11,13H,12H2,1-3H3,(H,22,24). The minimum Gasteiger partial charge on any atom is -0.497 e. The molecule has 1 N–H and O–H groups in total. The molecule has 26 heavy (non-hydrogen) atoms. The number of nitrogens with one attached hydrogen (secondary N) is 1. The maximum Gasteiger partial charge on any atom is 0.240 e. The molecule has 1 unspecified atom stereocenters. The summed E-state index contributed by atoms with van der Waals surface area (Å²) in [6.45, 7) is 2.14. The molecule has 1 atom stereocenters. The van der Waals surface area contributed by atoms with Gasteiger partial charge in [0, 0.05) is 28.4 Å². The van der Waals surface area contributed by atoms with E-state index >= 15 is 0 Å². The predicted octanol–water partition coefficient (Wildman–Crippen LogP) is 4.19. The number of rotatable bonds is 6. The average molecular weight is 373 g/mol. The van der Waals surface area contributed by atoms with Gasteiger partial charge in [0.1, 0.15) is 18.0 Å². The summed E-state index contributed by atoms with van der Waals surface area (Å²) in [7, 11) is 3.20. The number of fused-ring (bicyclic) bond motifs is 1. The molecular weight excluding hydrogens is 352 g/mol. The average Bonchev–Trinajstić information content (AvgIpc) is 3.02. The van der Waals surface area contributed by atoms with Crippen molar-refractivity contribution in [1.29, 1.82) is 0 Å². The zero-order valence-electron chi connectivity index (χ0n) is 15.0. The van der Waals surface area contributed by atoms with Crippen LogP contribution in [0.5, 0.6) is 11.5 Å². The highest BCUT2D eigenvalue weighted by Crippen LogP contribution is 2.29. The van der Waals surface area contributed by atoms with Crippen molar-refractivity contribution in [2.45, 2.75) is 19.5 Å². The van der Waals surface area contributed by atoms with Gasteiger partial charge in [-0.05, 0) is 42.6 Å². The molecule has 136 valence electrons. The molecule has 0 fully saturated rings. The number of amides is 1. The lowest BCUT2D eigenvalue weighted by Crippen LogP contribution is -2.30. The lowest BCUT2D eigenvalue weighted by molar-refractivity contribution is -0.122. The summed E-state index contributed by atoms with van der Waals surface area (Å²) in [5, 5.41) is 4.71. The van der Waals surface area contributed by atoms with E-state index in [9.17, 15) is 4.79 Å². The van der Waals surface area contributed by atoms with Gasteiger partial charge in [-0.3, -0.25) is 4.79 Å². The zero-order chi connectivity index (χ0) is 18.7. The third-order valence-electron chi connectivity index (χ3n) is 4.33. The maximum absolute atomic E-state index is 12.5. The SMILES string of the molecule is COc1ccc(C(C)NC(=O)Cn2ccc3ccc(Cl)cc32)c(OC)c1. The number of hydrogen-bond donors (Lipinski definition) is 1. The van der Waals surface area contributed by atoms with Crippen molar-refractivity contribution < 1.29 is 14.3 Å². The number of halogens is 1. The third kappa shape index (κ3) is 3.78. The summed E-state index contributed by atoms with van der Waals surface area (Å²) in [5.74, 6) is 1.29. The fourth-order valence-corrected chi connectivity index (χ4v) is 3.16. The Hall–Kier alpha value is -2.66. The monoisotopic (exact) mass is 372 g/mol. The van der Waals surface area contributed by atoms with Gasteiger partial charge in [0.25, 0.3) is 0 Å². The van der Waals surface area contributed by atoms with Gasteiger partial charge < -0.3 is 19.4 Å². The molecule has 0 saturated heterocycles. The van der Waals surface area contributed by atoms with Crippen LogP contribution < -0.4 is 14.8 Å². The van der Waals surface area contributed by atoms with E-state index in [1.165, 1.54) is 0 Å². The summed E-state index contributed by atoms with van der Waals surface area (Å²) >= 11 is 6.07. The first-order valence-corrected chi connectivity index (χ1v) is 8.65. The Morgan fingerprint density at radius 1 is 1.15 bits per heavy atom. The van der Waals surface area contributed by atoms with Crippen LogP contribution in [0, 0.1) is 0 Å². The molecular formula is C20H21ClN2O3. The smallest absolute Gasteiger partial charge is 0.240 e. The molecule has 6 heteroatoms. The van der Waals surface area contributed by atoms with Crippen LogP contribution in [-0.2, 0) is 11.3 Å². The van der Waals surface area contributed by atoms with Gasteiger partial charge in [0.15, 0.2) is 0 Å². The molecule has 2 aromatic carbocycles. The molecule has 1 heterocycles. The second kappa shape index (κ2) is 7.70. The van der Waals surface area contributed by atoms with Crippen LogP contribution in [0.15, 0.2) is 48.7 Å². The summed E-state index contributed by atoms with van der Waals surface area (Å²) in [6, 6.07) is 13.0. The Labute approximate surface area is 157 Å². The highest BCUT2D eigenvalue weighted by atomic mass is 35.5. The fourth-order valence-electron chi connectivity index (χ4n) is 2.99. The maximum atomic E-state index is 12.5. The van der Waals surface area contributed by atoms with E-state index in [4.69, 9.17) is 21.1 Å². The second-order valence-corrected chi connectivity index (χ2v) is 6.48. The van der Waals surface area contributed by atoms with Gasteiger partial charge >= 0.3 is 0 Å². The molecule has 1 amide bonds. The molecule has 0 aliphatic rings. The molecule has 3 rings (SSSR count). The normalized spacial score (nSPS) is 12.0. The molecule has 0 spiro atoms. The van der Waals surface area contributed by atoms with Gasteiger partial charge in [-0.1, -0.05) is 17.7 Å². The van der Waals surface area contributed by atoms with Gasteiger partial charge in [0.2, 0.25) is 5.91 Å². The Bertz CT molecular complexity index is 936. The molecule has 0 saturated carbocycles. The van der Waals surface area contributed by atoms with E-state index in [2.05, 4.69) is 5.32 Å². The van der Waals surface area contributed by atoms with Crippen LogP contribution in [0.2, 0.25) is 5.02 Å². The van der Waals surface area contributed by atoms with Crippen LogP contribution in [0.3, 0.4) is 0 Å². The molecule has 5 nitrogen and oxygen atoms in total. The molecule has 3 aromatic rings. The van der Waals surface area contributed by atoms with Crippen LogP contribution in [0.4, 0.5) is 0 Å². The first-order valence-electron chi connectivity index (χ1n) is 8.27.